The Balaban J connectivity index is 1.83. The first kappa shape index (κ1) is 9.56. The summed E-state index contributed by atoms with van der Waals surface area (Å²) in [5, 5.41) is 3.58. The van der Waals surface area contributed by atoms with Crippen molar-refractivity contribution in [3.8, 4) is 0 Å². The molecule has 1 saturated carbocycles. The molecule has 1 amide bonds. The van der Waals surface area contributed by atoms with Crippen LogP contribution < -0.4 is 5.23 Å². The lowest BCUT2D eigenvalue weighted by atomic mass is 9.90. The van der Waals surface area contributed by atoms with Crippen molar-refractivity contribution in [3.63, 3.8) is 0 Å². The highest BCUT2D eigenvalue weighted by molar-refractivity contribution is 14.1. The Morgan fingerprint density at radius 1 is 1.54 bits per heavy atom. The van der Waals surface area contributed by atoms with Crippen LogP contribution in [-0.2, 0) is 4.79 Å². The van der Waals surface area contributed by atoms with Crippen molar-refractivity contribution in [2.24, 2.45) is 17.8 Å². The molecule has 70 valence electrons. The predicted molar refractivity (Wildman–Crippen MR) is 62.8 cm³/mol. The lowest BCUT2D eigenvalue weighted by Crippen LogP contribution is -2.27. The van der Waals surface area contributed by atoms with Crippen molar-refractivity contribution >= 4 is 33.6 Å². The molecule has 2 rings (SSSR count). The molecule has 2 bridgehead atoms. The summed E-state index contributed by atoms with van der Waals surface area (Å²) in [7, 11) is 0. The average Bonchev–Trinajstić information content (AvgIpc) is 2.65. The maximum absolute atomic E-state index is 11.3. The van der Waals surface area contributed by atoms with Crippen LogP contribution >= 0.6 is 22.4 Å². The molecule has 1 fully saturated rings. The number of fused-ring (bicyclic) bond motifs is 2. The van der Waals surface area contributed by atoms with Crippen molar-refractivity contribution in [3.05, 3.63) is 12.2 Å². The van der Waals surface area contributed by atoms with E-state index >= 15 is 0 Å². The van der Waals surface area contributed by atoms with Crippen LogP contribution in [0.3, 0.4) is 0 Å². The highest BCUT2D eigenvalue weighted by Crippen LogP contribution is 2.44. The summed E-state index contributed by atoms with van der Waals surface area (Å²) in [6, 6.07) is 0. The van der Waals surface area contributed by atoms with Crippen molar-refractivity contribution in [2.75, 3.05) is 0 Å². The molecule has 3 unspecified atom stereocenters. The highest BCUT2D eigenvalue weighted by atomic mass is 127. The number of nitrogens with one attached hydrogen (secondary N) is 1. The number of amides is 1. The molecule has 3 atom stereocenters. The molecule has 1 N–H and O–H groups in total. The van der Waals surface area contributed by atoms with Gasteiger partial charge in [0.25, 0.3) is 0 Å². The van der Waals surface area contributed by atoms with Crippen molar-refractivity contribution in [2.45, 2.75) is 19.3 Å². The zero-order valence-electron chi connectivity index (χ0n) is 7.50. The summed E-state index contributed by atoms with van der Waals surface area (Å²) in [6.45, 7) is 0. The van der Waals surface area contributed by atoms with Gasteiger partial charge < -0.3 is 5.23 Å². The third-order valence-electron chi connectivity index (χ3n) is 3.13. The smallest absolute Gasteiger partial charge is 0.309 e. The first-order chi connectivity index (χ1) is 6.29. The Morgan fingerprint density at radius 3 is 2.92 bits per heavy atom. The van der Waals surface area contributed by atoms with E-state index in [9.17, 15) is 4.79 Å². The van der Waals surface area contributed by atoms with E-state index in [4.69, 9.17) is 0 Å². The van der Waals surface area contributed by atoms with Gasteiger partial charge in [0.15, 0.2) is 0 Å². The Kier molecular flexibility index (Phi) is 2.96. The van der Waals surface area contributed by atoms with E-state index in [1.54, 1.807) is 0 Å². The van der Waals surface area contributed by atoms with E-state index < -0.39 is 0 Å². The number of allylic oxidation sites excluding steroid dienone is 2. The van der Waals surface area contributed by atoms with Gasteiger partial charge in [0.1, 0.15) is 0 Å². The molecule has 0 aromatic rings. The Labute approximate surface area is 92.7 Å². The van der Waals surface area contributed by atoms with Gasteiger partial charge in [-0.15, -0.1) is 22.4 Å². The Morgan fingerprint density at radius 2 is 2.38 bits per heavy atom. The molecule has 0 heterocycles. The van der Waals surface area contributed by atoms with Gasteiger partial charge in [0.2, 0.25) is 5.91 Å². The van der Waals surface area contributed by atoms with Gasteiger partial charge in [0, 0.05) is 6.42 Å². The SMILES string of the molecule is O=C(CC1CC2C=CC1C2)NBI. The molecule has 0 aromatic heterocycles. The minimum absolute atomic E-state index is 0.223. The number of hydrogen-bond acceptors (Lipinski definition) is 1. The van der Waals surface area contributed by atoms with Crippen LogP contribution in [0.25, 0.3) is 0 Å². The van der Waals surface area contributed by atoms with Crippen LogP contribution in [-0.4, -0.2) is 11.2 Å². The van der Waals surface area contributed by atoms with Gasteiger partial charge in [-0.05, 0) is 30.6 Å². The molecule has 4 heteroatoms. The van der Waals surface area contributed by atoms with Gasteiger partial charge >= 0.3 is 5.27 Å². The molecule has 2 nitrogen and oxygen atoms in total. The fourth-order valence-corrected chi connectivity index (χ4v) is 2.94. The lowest BCUT2D eigenvalue weighted by molar-refractivity contribution is -0.120. The van der Waals surface area contributed by atoms with E-state index in [1.807, 2.05) is 0 Å². The van der Waals surface area contributed by atoms with Crippen molar-refractivity contribution in [1.29, 1.82) is 0 Å². The fourth-order valence-electron chi connectivity index (χ4n) is 2.51. The van der Waals surface area contributed by atoms with Gasteiger partial charge in [-0.3, -0.25) is 4.79 Å². The van der Waals surface area contributed by atoms with E-state index in [1.165, 1.54) is 12.8 Å². The number of halogens is 1. The van der Waals surface area contributed by atoms with Crippen LogP contribution in [0.15, 0.2) is 12.2 Å². The summed E-state index contributed by atoms with van der Waals surface area (Å²) in [5.41, 5.74) is 0. The second-order valence-corrected chi connectivity index (χ2v) is 4.74. The van der Waals surface area contributed by atoms with Gasteiger partial charge in [-0.2, -0.15) is 0 Å². The number of rotatable bonds is 3. The normalized spacial score (nSPS) is 35.0. The summed E-state index contributed by atoms with van der Waals surface area (Å²) < 4.78 is 0. The molecule has 2 aliphatic rings. The maximum Gasteiger partial charge on any atom is 0.309 e. The average molecular weight is 289 g/mol. The summed E-state index contributed by atoms with van der Waals surface area (Å²) >= 11 is 2.17. The first-order valence-electron chi connectivity index (χ1n) is 4.80. The predicted octanol–water partition coefficient (Wildman–Crippen LogP) is 1.41. The van der Waals surface area contributed by atoms with Crippen LogP contribution in [0, 0.1) is 17.8 Å². The molecule has 0 aromatic carbocycles. The monoisotopic (exact) mass is 289 g/mol. The largest absolute Gasteiger partial charge is 0.393 e. The third kappa shape index (κ3) is 2.09. The van der Waals surface area contributed by atoms with Crippen molar-refractivity contribution < 1.29 is 4.79 Å². The van der Waals surface area contributed by atoms with E-state index in [0.29, 0.717) is 11.8 Å². The van der Waals surface area contributed by atoms with Crippen LogP contribution in [0.1, 0.15) is 19.3 Å². The summed E-state index contributed by atoms with van der Waals surface area (Å²) in [4.78, 5) is 11.3. The Bertz CT molecular complexity index is 244. The first-order valence-corrected chi connectivity index (χ1v) is 6.33. The molecule has 2 aliphatic carbocycles. The minimum Gasteiger partial charge on any atom is -0.393 e. The van der Waals surface area contributed by atoms with Gasteiger partial charge in [-0.25, -0.2) is 0 Å². The van der Waals surface area contributed by atoms with E-state index in [2.05, 4.69) is 39.8 Å². The summed E-state index contributed by atoms with van der Waals surface area (Å²) in [5.74, 6) is 2.32. The highest BCUT2D eigenvalue weighted by Gasteiger charge is 2.36. The third-order valence-corrected chi connectivity index (χ3v) is 3.51. The second kappa shape index (κ2) is 4.03. The lowest BCUT2D eigenvalue weighted by Gasteiger charge is -2.16. The zero-order valence-corrected chi connectivity index (χ0v) is 9.66. The van der Waals surface area contributed by atoms with Crippen LogP contribution in [0.4, 0.5) is 0 Å². The Hall–Kier alpha value is 0.00494. The minimum atomic E-state index is 0.223. The standard InChI is InChI=1S/C9H13BINO/c11-10-12-9(13)5-8-4-6-1-2-7(8)3-6/h1-2,6-8,10H,3-5H2,(H,12,13). The van der Waals surface area contributed by atoms with Gasteiger partial charge in [0.05, 0.1) is 0 Å². The summed E-state index contributed by atoms with van der Waals surface area (Å²) in [6.07, 6.45) is 7.88. The molecule has 13 heavy (non-hydrogen) atoms. The molecular weight excluding hydrogens is 276 g/mol. The van der Waals surface area contributed by atoms with Crippen LogP contribution in [0.5, 0.6) is 0 Å². The quantitative estimate of drug-likeness (QED) is 0.475. The van der Waals surface area contributed by atoms with E-state index in [-0.39, 0.29) is 5.91 Å². The zero-order chi connectivity index (χ0) is 9.26. The maximum atomic E-state index is 11.3. The molecular formula is C9H13BINO. The second-order valence-electron chi connectivity index (χ2n) is 3.98. The van der Waals surface area contributed by atoms with Crippen molar-refractivity contribution in [1.82, 2.24) is 5.23 Å². The number of carbonyl (C=O) groups excluding carboxylic acids is 1. The fraction of sp³-hybridized carbons (Fsp3) is 0.667. The molecule has 0 saturated heterocycles. The topological polar surface area (TPSA) is 29.1 Å². The number of hydrogen-bond donors (Lipinski definition) is 1. The molecule has 0 radical (unpaired) electrons. The molecule has 0 spiro atoms. The van der Waals surface area contributed by atoms with Gasteiger partial charge in [-0.1, -0.05) is 12.2 Å². The molecule has 0 aliphatic heterocycles. The van der Waals surface area contributed by atoms with E-state index in [0.717, 1.165) is 17.6 Å². The van der Waals surface area contributed by atoms with Crippen LogP contribution in [0.2, 0.25) is 0 Å². The number of carbonyl (C=O) groups is 1.